The minimum Gasteiger partial charge on any atom is -0.497 e. The summed E-state index contributed by atoms with van der Waals surface area (Å²) >= 11 is 0. The third kappa shape index (κ3) is 4.41. The summed E-state index contributed by atoms with van der Waals surface area (Å²) in [6.45, 7) is 3.91. The van der Waals surface area contributed by atoms with Crippen molar-refractivity contribution in [3.63, 3.8) is 0 Å². The minimum atomic E-state index is -3.22. The van der Waals surface area contributed by atoms with Crippen molar-refractivity contribution < 1.29 is 22.4 Å². The maximum absolute atomic E-state index is 13.5. The fourth-order valence-electron chi connectivity index (χ4n) is 4.17. The lowest BCUT2D eigenvalue weighted by molar-refractivity contribution is 0.0648. The number of methoxy groups -OCH3 is 1. The Morgan fingerprint density at radius 1 is 1.16 bits per heavy atom. The van der Waals surface area contributed by atoms with Gasteiger partial charge in [-0.1, -0.05) is 18.2 Å². The largest absolute Gasteiger partial charge is 0.497 e. The van der Waals surface area contributed by atoms with Crippen molar-refractivity contribution in [3.8, 4) is 5.75 Å². The van der Waals surface area contributed by atoms with E-state index in [0.717, 1.165) is 16.7 Å². The summed E-state index contributed by atoms with van der Waals surface area (Å²) in [4.78, 5) is 27.8. The first-order valence-electron chi connectivity index (χ1n) is 10.4. The van der Waals surface area contributed by atoms with E-state index in [9.17, 15) is 18.0 Å². The van der Waals surface area contributed by atoms with Crippen LogP contribution >= 0.6 is 0 Å². The van der Waals surface area contributed by atoms with Gasteiger partial charge in [0.2, 0.25) is 0 Å². The van der Waals surface area contributed by atoms with Crippen molar-refractivity contribution in [1.29, 1.82) is 0 Å². The second kappa shape index (κ2) is 8.43. The smallest absolute Gasteiger partial charge is 0.290 e. The number of rotatable bonds is 5. The van der Waals surface area contributed by atoms with Crippen LogP contribution in [0.3, 0.4) is 0 Å². The lowest BCUT2D eigenvalue weighted by Crippen LogP contribution is -2.40. The van der Waals surface area contributed by atoms with Gasteiger partial charge in [0.15, 0.2) is 21.0 Å². The molecule has 32 heavy (non-hydrogen) atoms. The van der Waals surface area contributed by atoms with Crippen LogP contribution in [0.15, 0.2) is 51.7 Å². The predicted octanol–water partition coefficient (Wildman–Crippen LogP) is 3.25. The van der Waals surface area contributed by atoms with E-state index in [1.54, 1.807) is 25.3 Å². The van der Waals surface area contributed by atoms with Gasteiger partial charge in [-0.2, -0.15) is 0 Å². The molecule has 0 N–H and O–H groups in total. The van der Waals surface area contributed by atoms with Crippen LogP contribution in [0, 0.1) is 13.8 Å². The zero-order valence-electron chi connectivity index (χ0n) is 18.3. The molecule has 2 aromatic carbocycles. The molecule has 0 aliphatic carbocycles. The Balaban J connectivity index is 1.74. The number of hydrogen-bond acceptors (Lipinski definition) is 6. The molecule has 1 aliphatic rings. The van der Waals surface area contributed by atoms with Gasteiger partial charge in [0, 0.05) is 18.7 Å². The molecular formula is C24H25NO6S. The lowest BCUT2D eigenvalue weighted by atomic mass is 10.1. The predicted molar refractivity (Wildman–Crippen MR) is 122 cm³/mol. The van der Waals surface area contributed by atoms with Crippen molar-refractivity contribution >= 4 is 26.7 Å². The van der Waals surface area contributed by atoms with Crippen LogP contribution in [0.1, 0.15) is 33.7 Å². The third-order valence-corrected chi connectivity index (χ3v) is 7.54. The number of amides is 1. The molecule has 0 spiro atoms. The molecule has 1 saturated heterocycles. The van der Waals surface area contributed by atoms with Gasteiger partial charge in [0.25, 0.3) is 5.91 Å². The van der Waals surface area contributed by atoms with Gasteiger partial charge >= 0.3 is 0 Å². The molecule has 4 rings (SSSR count). The van der Waals surface area contributed by atoms with E-state index in [4.69, 9.17) is 9.15 Å². The van der Waals surface area contributed by atoms with Gasteiger partial charge in [0.1, 0.15) is 11.3 Å². The molecular weight excluding hydrogens is 430 g/mol. The van der Waals surface area contributed by atoms with Gasteiger partial charge < -0.3 is 14.1 Å². The summed E-state index contributed by atoms with van der Waals surface area (Å²) in [5.74, 6) is 0.0187. The fraction of sp³-hybridized carbons (Fsp3) is 0.333. The Labute approximate surface area is 186 Å². The van der Waals surface area contributed by atoms with E-state index in [0.29, 0.717) is 23.1 Å². The highest BCUT2D eigenvalue weighted by molar-refractivity contribution is 7.91. The topological polar surface area (TPSA) is 93.9 Å². The van der Waals surface area contributed by atoms with Crippen molar-refractivity contribution in [2.24, 2.45) is 0 Å². The summed E-state index contributed by atoms with van der Waals surface area (Å²) in [5.41, 5.74) is 2.58. The van der Waals surface area contributed by atoms with Gasteiger partial charge in [-0.05, 0) is 55.2 Å². The number of carbonyl (C=O) groups excluding carboxylic acids is 1. The normalized spacial score (nSPS) is 17.4. The fourth-order valence-corrected chi connectivity index (χ4v) is 5.90. The molecule has 1 atom stereocenters. The van der Waals surface area contributed by atoms with Crippen molar-refractivity contribution in [2.75, 3.05) is 18.6 Å². The molecule has 1 aliphatic heterocycles. The SMILES string of the molecule is COc1ccc(CN(C(=O)c2cc(=O)c3cc(C)cc(C)c3o2)[C@H]2CCS(=O)(=O)C2)cc1. The summed E-state index contributed by atoms with van der Waals surface area (Å²) < 4.78 is 35.3. The molecule has 3 aromatic rings. The second-order valence-corrected chi connectivity index (χ2v) is 10.5. The highest BCUT2D eigenvalue weighted by Gasteiger charge is 2.36. The number of nitrogens with zero attached hydrogens (tertiary/aromatic N) is 1. The molecule has 1 amide bonds. The quantitative estimate of drug-likeness (QED) is 0.586. The Bertz CT molecular complexity index is 1340. The van der Waals surface area contributed by atoms with Crippen LogP contribution in [0.4, 0.5) is 0 Å². The molecule has 8 heteroatoms. The van der Waals surface area contributed by atoms with Crippen molar-refractivity contribution in [1.82, 2.24) is 4.90 Å². The van der Waals surface area contributed by atoms with E-state index in [1.807, 2.05) is 32.0 Å². The number of aryl methyl sites for hydroxylation is 2. The average molecular weight is 456 g/mol. The van der Waals surface area contributed by atoms with E-state index in [-0.39, 0.29) is 29.2 Å². The van der Waals surface area contributed by atoms with Crippen LogP contribution in [-0.4, -0.2) is 43.9 Å². The molecule has 7 nitrogen and oxygen atoms in total. The maximum Gasteiger partial charge on any atom is 0.290 e. The first kappa shape index (κ1) is 22.1. The molecule has 1 fully saturated rings. The first-order valence-corrected chi connectivity index (χ1v) is 12.2. The molecule has 0 bridgehead atoms. The maximum atomic E-state index is 13.5. The van der Waals surface area contributed by atoms with Gasteiger partial charge in [0.05, 0.1) is 24.0 Å². The van der Waals surface area contributed by atoms with Crippen LogP contribution in [-0.2, 0) is 16.4 Å². The van der Waals surface area contributed by atoms with E-state index < -0.39 is 21.8 Å². The monoisotopic (exact) mass is 455 g/mol. The van der Waals surface area contributed by atoms with E-state index in [1.165, 1.54) is 11.0 Å². The number of fused-ring (bicyclic) bond motifs is 1. The summed E-state index contributed by atoms with van der Waals surface area (Å²) in [5, 5.41) is 0.421. The van der Waals surface area contributed by atoms with Crippen molar-refractivity contribution in [3.05, 3.63) is 75.1 Å². The number of ether oxygens (including phenoxy) is 1. The number of hydrogen-bond donors (Lipinski definition) is 0. The molecule has 0 saturated carbocycles. The molecule has 1 aromatic heterocycles. The number of sulfone groups is 1. The summed E-state index contributed by atoms with van der Waals surface area (Å²) in [6.07, 6.45) is 0.347. The molecule has 0 unspecified atom stereocenters. The van der Waals surface area contributed by atoms with Gasteiger partial charge in [-0.15, -0.1) is 0 Å². The molecule has 0 radical (unpaired) electrons. The van der Waals surface area contributed by atoms with Crippen LogP contribution in [0.25, 0.3) is 11.0 Å². The Morgan fingerprint density at radius 2 is 1.88 bits per heavy atom. The number of benzene rings is 2. The first-order chi connectivity index (χ1) is 15.2. The average Bonchev–Trinajstić information content (AvgIpc) is 3.12. The Kier molecular flexibility index (Phi) is 5.81. The van der Waals surface area contributed by atoms with Crippen LogP contribution in [0.5, 0.6) is 5.75 Å². The summed E-state index contributed by atoms with van der Waals surface area (Å²) in [6, 6.07) is 11.6. The van der Waals surface area contributed by atoms with E-state index >= 15 is 0 Å². The van der Waals surface area contributed by atoms with Crippen molar-refractivity contribution in [2.45, 2.75) is 32.9 Å². The van der Waals surface area contributed by atoms with E-state index in [2.05, 4.69) is 0 Å². The summed E-state index contributed by atoms with van der Waals surface area (Å²) in [7, 11) is -1.65. The Hall–Kier alpha value is -3.13. The highest BCUT2D eigenvalue weighted by Crippen LogP contribution is 2.25. The third-order valence-electron chi connectivity index (χ3n) is 5.79. The Morgan fingerprint density at radius 3 is 2.50 bits per heavy atom. The molecule has 2 heterocycles. The molecule has 168 valence electrons. The second-order valence-electron chi connectivity index (χ2n) is 8.27. The highest BCUT2D eigenvalue weighted by atomic mass is 32.2. The zero-order chi connectivity index (χ0) is 23.0. The number of carbonyl (C=O) groups is 1. The zero-order valence-corrected chi connectivity index (χ0v) is 19.1. The van der Waals surface area contributed by atoms with Crippen LogP contribution < -0.4 is 10.2 Å². The minimum absolute atomic E-state index is 0.0319. The standard InChI is InChI=1S/C24H25NO6S/c1-15-10-16(2)23-20(11-15)21(26)12-22(31-23)24(27)25(18-8-9-32(28,29)14-18)13-17-4-6-19(30-3)7-5-17/h4-7,10-12,18H,8-9,13-14H2,1-3H3/t18-/m0/s1. The van der Waals surface area contributed by atoms with Crippen LogP contribution in [0.2, 0.25) is 0 Å². The lowest BCUT2D eigenvalue weighted by Gasteiger charge is -2.28. The van der Waals surface area contributed by atoms with Gasteiger partial charge in [-0.3, -0.25) is 9.59 Å². The van der Waals surface area contributed by atoms with Gasteiger partial charge in [-0.25, -0.2) is 8.42 Å².